The molecule has 1 aromatic rings. The molecule has 0 aliphatic carbocycles. The first-order chi connectivity index (χ1) is 7.00. The van der Waals surface area contributed by atoms with E-state index in [0.29, 0.717) is 0 Å². The van der Waals surface area contributed by atoms with Crippen molar-refractivity contribution in [2.24, 2.45) is 0 Å². The molecule has 0 aromatic heterocycles. The summed E-state index contributed by atoms with van der Waals surface area (Å²) in [6.07, 6.45) is 2.04. The summed E-state index contributed by atoms with van der Waals surface area (Å²) in [4.78, 5) is 0. The van der Waals surface area contributed by atoms with Gasteiger partial charge in [0.15, 0.2) is 23.3 Å². The highest BCUT2D eigenvalue weighted by atomic mass is 79.9. The van der Waals surface area contributed by atoms with Crippen molar-refractivity contribution in [1.82, 2.24) is 0 Å². The van der Waals surface area contributed by atoms with Crippen LogP contribution in [-0.4, -0.2) is 5.33 Å². The lowest BCUT2D eigenvalue weighted by Crippen LogP contribution is -2.03. The highest BCUT2D eigenvalue weighted by molar-refractivity contribution is 9.09. The second-order valence-corrected chi connectivity index (χ2v) is 3.19. The highest BCUT2D eigenvalue weighted by Gasteiger charge is 2.23. The fraction of sp³-hybridized carbons (Fsp3) is 0.111. The topological polar surface area (TPSA) is 0 Å². The maximum absolute atomic E-state index is 12.9. The van der Waals surface area contributed by atoms with Crippen LogP contribution in [0.4, 0.5) is 22.0 Å². The number of halogens is 6. The SMILES string of the molecule is Fc1c(F)c(F)c(/C=C/CBr)c(F)c1F. The van der Waals surface area contributed by atoms with Gasteiger partial charge in [-0.15, -0.1) is 0 Å². The largest absolute Gasteiger partial charge is 0.203 e. The average molecular weight is 287 g/mol. The number of hydrogen-bond donors (Lipinski definition) is 0. The Hall–Kier alpha value is -0.910. The van der Waals surface area contributed by atoms with E-state index >= 15 is 0 Å². The van der Waals surface area contributed by atoms with Crippen LogP contribution in [0.1, 0.15) is 5.56 Å². The molecule has 0 fully saturated rings. The predicted octanol–water partition coefficient (Wildman–Crippen LogP) is 3.79. The highest BCUT2D eigenvalue weighted by Crippen LogP contribution is 2.23. The quantitative estimate of drug-likeness (QED) is 0.336. The van der Waals surface area contributed by atoms with Crippen molar-refractivity contribution in [3.8, 4) is 0 Å². The Labute approximate surface area is 90.5 Å². The van der Waals surface area contributed by atoms with Crippen molar-refractivity contribution in [3.63, 3.8) is 0 Å². The van der Waals surface area contributed by atoms with Gasteiger partial charge in [-0.25, -0.2) is 22.0 Å². The molecule has 0 saturated carbocycles. The third-order valence-corrected chi connectivity index (χ3v) is 1.99. The van der Waals surface area contributed by atoms with E-state index < -0.39 is 34.6 Å². The number of rotatable bonds is 2. The van der Waals surface area contributed by atoms with Crippen LogP contribution in [0.5, 0.6) is 0 Å². The van der Waals surface area contributed by atoms with Gasteiger partial charge in [-0.05, 0) is 0 Å². The Kier molecular flexibility index (Phi) is 3.84. The molecule has 0 nitrogen and oxygen atoms in total. The summed E-state index contributed by atoms with van der Waals surface area (Å²) < 4.78 is 63.7. The van der Waals surface area contributed by atoms with Crippen molar-refractivity contribution in [3.05, 3.63) is 40.7 Å². The summed E-state index contributed by atoms with van der Waals surface area (Å²) in [7, 11) is 0. The van der Waals surface area contributed by atoms with Gasteiger partial charge in [-0.2, -0.15) is 0 Å². The number of hydrogen-bond acceptors (Lipinski definition) is 0. The van der Waals surface area contributed by atoms with Crippen LogP contribution in [0.15, 0.2) is 6.08 Å². The summed E-state index contributed by atoms with van der Waals surface area (Å²) in [5.74, 6) is -9.69. The molecule has 0 atom stereocenters. The van der Waals surface area contributed by atoms with Crippen molar-refractivity contribution in [1.29, 1.82) is 0 Å². The van der Waals surface area contributed by atoms with Crippen LogP contribution in [0.3, 0.4) is 0 Å². The van der Waals surface area contributed by atoms with E-state index in [-0.39, 0.29) is 5.33 Å². The first kappa shape index (κ1) is 12.2. The van der Waals surface area contributed by atoms with E-state index in [2.05, 4.69) is 15.9 Å². The average Bonchev–Trinajstić information content (AvgIpc) is 2.24. The molecule has 15 heavy (non-hydrogen) atoms. The lowest BCUT2D eigenvalue weighted by atomic mass is 10.1. The van der Waals surface area contributed by atoms with E-state index in [4.69, 9.17) is 0 Å². The van der Waals surface area contributed by atoms with E-state index in [1.807, 2.05) is 0 Å². The Morgan fingerprint density at radius 3 is 1.60 bits per heavy atom. The maximum atomic E-state index is 12.9. The molecule has 0 unspecified atom stereocenters. The van der Waals surface area contributed by atoms with Crippen molar-refractivity contribution in [2.45, 2.75) is 0 Å². The Bertz CT molecular complexity index is 384. The minimum Gasteiger partial charge on any atom is -0.203 e. The molecule has 0 spiro atoms. The maximum Gasteiger partial charge on any atom is 0.200 e. The fourth-order valence-electron chi connectivity index (χ4n) is 0.931. The predicted molar refractivity (Wildman–Crippen MR) is 49.1 cm³/mol. The molecule has 6 heteroatoms. The zero-order valence-corrected chi connectivity index (χ0v) is 8.72. The normalized spacial score (nSPS) is 11.3. The van der Waals surface area contributed by atoms with Crippen LogP contribution in [0.25, 0.3) is 6.08 Å². The third kappa shape index (κ3) is 2.19. The lowest BCUT2D eigenvalue weighted by molar-refractivity contribution is 0.377. The molecule has 0 saturated heterocycles. The molecule has 0 N–H and O–H groups in total. The van der Waals surface area contributed by atoms with Crippen molar-refractivity contribution < 1.29 is 22.0 Å². The molecule has 0 radical (unpaired) electrons. The van der Waals surface area contributed by atoms with E-state index in [1.165, 1.54) is 6.08 Å². The molecule has 1 rings (SSSR count). The molecule has 0 heterocycles. The Morgan fingerprint density at radius 2 is 1.20 bits per heavy atom. The van der Waals surface area contributed by atoms with Gasteiger partial charge in [-0.1, -0.05) is 28.1 Å². The standard InChI is InChI=1S/C9H4BrF5/c10-3-1-2-4-5(11)7(13)9(15)8(14)6(4)12/h1-2H,3H2/b2-1+. The summed E-state index contributed by atoms with van der Waals surface area (Å²) in [6.45, 7) is 0. The number of benzene rings is 1. The first-order valence-corrected chi connectivity index (χ1v) is 4.86. The van der Waals surface area contributed by atoms with E-state index in [9.17, 15) is 22.0 Å². The van der Waals surface area contributed by atoms with Gasteiger partial charge < -0.3 is 0 Å². The van der Waals surface area contributed by atoms with Gasteiger partial charge in [0.05, 0.1) is 5.56 Å². The van der Waals surface area contributed by atoms with Gasteiger partial charge >= 0.3 is 0 Å². The minimum absolute atomic E-state index is 0.243. The molecule has 0 bridgehead atoms. The number of alkyl halides is 1. The summed E-state index contributed by atoms with van der Waals surface area (Å²) >= 11 is 2.91. The van der Waals surface area contributed by atoms with Crippen LogP contribution < -0.4 is 0 Å². The van der Waals surface area contributed by atoms with Gasteiger partial charge in [-0.3, -0.25) is 0 Å². The smallest absolute Gasteiger partial charge is 0.200 e. The first-order valence-electron chi connectivity index (χ1n) is 3.74. The molecular formula is C9H4BrF5. The molecule has 82 valence electrons. The van der Waals surface area contributed by atoms with Crippen LogP contribution in [0.2, 0.25) is 0 Å². The Morgan fingerprint density at radius 1 is 0.800 bits per heavy atom. The third-order valence-electron chi connectivity index (χ3n) is 1.62. The van der Waals surface area contributed by atoms with Crippen LogP contribution >= 0.6 is 15.9 Å². The number of allylic oxidation sites excluding steroid dienone is 1. The molecule has 0 aliphatic heterocycles. The molecule has 1 aromatic carbocycles. The van der Waals surface area contributed by atoms with Crippen molar-refractivity contribution >= 4 is 22.0 Å². The van der Waals surface area contributed by atoms with Crippen LogP contribution in [0, 0.1) is 29.1 Å². The molecule has 0 aliphatic rings. The summed E-state index contributed by atoms with van der Waals surface area (Å²) in [5.41, 5.74) is -0.939. The molecule has 0 amide bonds. The van der Waals surface area contributed by atoms with Gasteiger partial charge in [0, 0.05) is 5.33 Å². The zero-order valence-electron chi connectivity index (χ0n) is 7.13. The second-order valence-electron chi connectivity index (χ2n) is 2.54. The lowest BCUT2D eigenvalue weighted by Gasteiger charge is -2.03. The Balaban J connectivity index is 3.45. The molecular weight excluding hydrogens is 283 g/mol. The fourth-order valence-corrected chi connectivity index (χ4v) is 1.12. The van der Waals surface area contributed by atoms with Crippen molar-refractivity contribution in [2.75, 3.05) is 5.33 Å². The van der Waals surface area contributed by atoms with Gasteiger partial charge in [0.2, 0.25) is 5.82 Å². The monoisotopic (exact) mass is 286 g/mol. The summed E-state index contributed by atoms with van der Waals surface area (Å²) in [6, 6.07) is 0. The second kappa shape index (κ2) is 4.74. The van der Waals surface area contributed by atoms with Crippen LogP contribution in [-0.2, 0) is 0 Å². The zero-order chi connectivity index (χ0) is 11.6. The van der Waals surface area contributed by atoms with E-state index in [0.717, 1.165) is 6.08 Å². The van der Waals surface area contributed by atoms with E-state index in [1.54, 1.807) is 0 Å². The van der Waals surface area contributed by atoms with Gasteiger partial charge in [0.1, 0.15) is 0 Å². The summed E-state index contributed by atoms with van der Waals surface area (Å²) in [5, 5.41) is 0.243. The minimum atomic E-state index is -2.15. The van der Waals surface area contributed by atoms with Gasteiger partial charge in [0.25, 0.3) is 0 Å².